The summed E-state index contributed by atoms with van der Waals surface area (Å²) in [6.07, 6.45) is -1.22. The van der Waals surface area contributed by atoms with Gasteiger partial charge in [-0.05, 0) is 36.1 Å². The molecule has 0 saturated carbocycles. The van der Waals surface area contributed by atoms with Gasteiger partial charge in [-0.2, -0.15) is 0 Å². The average Bonchev–Trinajstić information content (AvgIpc) is 2.69. The van der Waals surface area contributed by atoms with Crippen molar-refractivity contribution in [3.05, 3.63) is 34.9 Å². The summed E-state index contributed by atoms with van der Waals surface area (Å²) in [4.78, 5) is 62.8. The summed E-state index contributed by atoms with van der Waals surface area (Å²) < 4.78 is 31.7. The average molecular weight is 481 g/mol. The number of benzene rings is 1. The highest BCUT2D eigenvalue weighted by molar-refractivity contribution is 7.66. The van der Waals surface area contributed by atoms with Crippen LogP contribution in [0, 0.1) is 0 Å². The summed E-state index contributed by atoms with van der Waals surface area (Å²) >= 11 is 0. The molecule has 31 heavy (non-hydrogen) atoms. The van der Waals surface area contributed by atoms with Crippen molar-refractivity contribution in [3.63, 3.8) is 0 Å². The Balaban J connectivity index is 2.91. The lowest BCUT2D eigenvalue weighted by molar-refractivity contribution is -0.140. The van der Waals surface area contributed by atoms with E-state index in [9.17, 15) is 28.6 Å². The first-order valence-corrected chi connectivity index (χ1v) is 11.9. The van der Waals surface area contributed by atoms with Gasteiger partial charge < -0.3 is 34.6 Å². The number of hydrogen-bond donors (Lipinski definition) is 5. The fourth-order valence-corrected chi connectivity index (χ4v) is 4.43. The maximum atomic E-state index is 12.5. The second-order valence-electron chi connectivity index (χ2n) is 6.57. The molecule has 0 fully saturated rings. The minimum Gasteiger partial charge on any atom is -0.469 e. The molecule has 1 aromatic rings. The Kier molecular flexibility index (Phi) is 10.0. The van der Waals surface area contributed by atoms with Gasteiger partial charge in [-0.3, -0.25) is 23.5 Å². The van der Waals surface area contributed by atoms with E-state index in [4.69, 9.17) is 14.7 Å². The number of ether oxygens (including phenoxy) is 2. The standard InChI is InChI=1S/C17H25NO11P2/c1-28-14(19)9-11-6-12(10-15(20)29-2)8-13(7-11)16(21)18-5-3-4-17(22,30(23)24)31(25,26)27/h6-8,22,30H,3-5,9-10H2,1-2H3,(H,18,21)(H,23,24)(H2,25,26,27). The third kappa shape index (κ3) is 7.84. The van der Waals surface area contributed by atoms with Gasteiger partial charge in [0.2, 0.25) is 13.1 Å². The Morgan fingerprint density at radius 2 is 1.55 bits per heavy atom. The zero-order valence-corrected chi connectivity index (χ0v) is 18.8. The van der Waals surface area contributed by atoms with Gasteiger partial charge in [0.1, 0.15) is 0 Å². The molecule has 0 heterocycles. The molecule has 2 atom stereocenters. The quantitative estimate of drug-likeness (QED) is 0.161. The highest BCUT2D eigenvalue weighted by Gasteiger charge is 2.49. The van der Waals surface area contributed by atoms with Crippen molar-refractivity contribution in [2.24, 2.45) is 0 Å². The molecule has 1 aromatic carbocycles. The van der Waals surface area contributed by atoms with Crippen LogP contribution in [0.25, 0.3) is 0 Å². The number of methoxy groups -OCH3 is 2. The Morgan fingerprint density at radius 1 is 1.06 bits per heavy atom. The van der Waals surface area contributed by atoms with Gasteiger partial charge in [-0.25, -0.2) is 0 Å². The predicted octanol–water partition coefficient (Wildman–Crippen LogP) is -0.0816. The summed E-state index contributed by atoms with van der Waals surface area (Å²) in [5.74, 6) is -1.75. The van der Waals surface area contributed by atoms with Crippen LogP contribution in [0.15, 0.2) is 18.2 Å². The van der Waals surface area contributed by atoms with E-state index in [-0.39, 0.29) is 31.4 Å². The van der Waals surface area contributed by atoms with Crippen molar-refractivity contribution in [1.29, 1.82) is 0 Å². The molecule has 1 amide bonds. The third-order valence-electron chi connectivity index (χ3n) is 4.28. The maximum absolute atomic E-state index is 12.5. The summed E-state index contributed by atoms with van der Waals surface area (Å²) in [5, 5.41) is 9.18. The number of hydrogen-bond acceptors (Lipinski definition) is 8. The lowest BCUT2D eigenvalue weighted by Crippen LogP contribution is -2.29. The molecule has 0 bridgehead atoms. The van der Waals surface area contributed by atoms with E-state index in [2.05, 4.69) is 14.8 Å². The molecular weight excluding hydrogens is 456 g/mol. The normalized spacial score (nSPS) is 14.3. The van der Waals surface area contributed by atoms with Crippen LogP contribution < -0.4 is 5.32 Å². The van der Waals surface area contributed by atoms with E-state index in [1.807, 2.05) is 0 Å². The largest absolute Gasteiger partial charge is 0.469 e. The number of amides is 1. The molecule has 174 valence electrons. The number of aliphatic hydroxyl groups is 1. The highest BCUT2D eigenvalue weighted by Crippen LogP contribution is 2.61. The van der Waals surface area contributed by atoms with Crippen molar-refractivity contribution < 1.29 is 52.8 Å². The topological polar surface area (TPSA) is 197 Å². The van der Waals surface area contributed by atoms with E-state index in [1.54, 1.807) is 6.07 Å². The zero-order valence-electron chi connectivity index (χ0n) is 16.9. The molecule has 0 radical (unpaired) electrons. The molecule has 0 aromatic heterocycles. The smallest absolute Gasteiger partial charge is 0.366 e. The van der Waals surface area contributed by atoms with Gasteiger partial charge >= 0.3 is 19.5 Å². The van der Waals surface area contributed by atoms with Crippen LogP contribution >= 0.6 is 15.6 Å². The van der Waals surface area contributed by atoms with Crippen molar-refractivity contribution in [3.8, 4) is 0 Å². The summed E-state index contributed by atoms with van der Waals surface area (Å²) in [5.41, 5.74) is 0.919. The molecular formula is C17H25NO11P2. The fraction of sp³-hybridized carbons (Fsp3) is 0.471. The molecule has 1 rings (SSSR count). The lowest BCUT2D eigenvalue weighted by Gasteiger charge is -2.25. The molecule has 0 spiro atoms. The molecule has 0 aliphatic heterocycles. The number of carbonyl (C=O) groups excluding carboxylic acids is 3. The second-order valence-corrected chi connectivity index (χ2v) is 10.3. The first kappa shape index (κ1) is 27.0. The van der Waals surface area contributed by atoms with Crippen LogP contribution in [-0.2, 0) is 41.0 Å². The molecule has 14 heteroatoms. The minimum absolute atomic E-state index is 0.0984. The van der Waals surface area contributed by atoms with Crippen molar-refractivity contribution in [1.82, 2.24) is 5.32 Å². The van der Waals surface area contributed by atoms with Gasteiger partial charge in [0.25, 0.3) is 5.91 Å². The van der Waals surface area contributed by atoms with E-state index in [0.29, 0.717) is 11.1 Å². The predicted molar refractivity (Wildman–Crippen MR) is 108 cm³/mol. The number of carbonyl (C=O) groups is 3. The maximum Gasteiger partial charge on any atom is 0.366 e. The van der Waals surface area contributed by atoms with Crippen LogP contribution in [0.4, 0.5) is 0 Å². The van der Waals surface area contributed by atoms with Gasteiger partial charge in [0, 0.05) is 12.1 Å². The number of esters is 2. The number of rotatable bonds is 11. The Morgan fingerprint density at radius 3 is 1.94 bits per heavy atom. The van der Waals surface area contributed by atoms with Gasteiger partial charge in [0.05, 0.1) is 27.1 Å². The Labute approximate surface area is 178 Å². The SMILES string of the molecule is COC(=O)Cc1cc(CC(=O)OC)cc(C(=O)NCCCC(O)([PH](=O)O)P(=O)(O)O)c1. The second kappa shape index (κ2) is 11.5. The lowest BCUT2D eigenvalue weighted by atomic mass is 10.0. The van der Waals surface area contributed by atoms with Crippen LogP contribution in [0.1, 0.15) is 34.3 Å². The molecule has 0 aliphatic carbocycles. The van der Waals surface area contributed by atoms with Crippen molar-refractivity contribution in [2.75, 3.05) is 20.8 Å². The molecule has 0 aliphatic rings. The fourth-order valence-electron chi connectivity index (χ4n) is 2.59. The molecule has 2 unspecified atom stereocenters. The van der Waals surface area contributed by atoms with E-state index < -0.39 is 45.0 Å². The first-order chi connectivity index (χ1) is 14.3. The molecule has 0 saturated heterocycles. The van der Waals surface area contributed by atoms with E-state index >= 15 is 0 Å². The van der Waals surface area contributed by atoms with Crippen molar-refractivity contribution >= 4 is 33.5 Å². The van der Waals surface area contributed by atoms with Gasteiger partial charge in [-0.1, -0.05) is 6.07 Å². The van der Waals surface area contributed by atoms with Crippen LogP contribution in [0.5, 0.6) is 0 Å². The van der Waals surface area contributed by atoms with Crippen LogP contribution in [0.3, 0.4) is 0 Å². The molecule has 12 nitrogen and oxygen atoms in total. The van der Waals surface area contributed by atoms with E-state index in [1.165, 1.54) is 26.4 Å². The monoisotopic (exact) mass is 481 g/mol. The third-order valence-corrected chi connectivity index (χ3v) is 7.85. The Bertz CT molecular complexity index is 862. The zero-order chi connectivity index (χ0) is 23.8. The minimum atomic E-state index is -5.27. The van der Waals surface area contributed by atoms with E-state index in [0.717, 1.165) is 0 Å². The Hall–Kier alpha value is -2.07. The summed E-state index contributed by atoms with van der Waals surface area (Å²) in [7, 11) is -6.85. The first-order valence-electron chi connectivity index (χ1n) is 8.90. The summed E-state index contributed by atoms with van der Waals surface area (Å²) in [6.45, 7) is -0.177. The highest BCUT2D eigenvalue weighted by atomic mass is 31.2. The van der Waals surface area contributed by atoms with Crippen LogP contribution in [-0.4, -0.2) is 63.5 Å². The van der Waals surface area contributed by atoms with Gasteiger partial charge in [0.15, 0.2) is 0 Å². The van der Waals surface area contributed by atoms with Gasteiger partial charge in [-0.15, -0.1) is 0 Å². The molecule has 5 N–H and O–H groups in total. The van der Waals surface area contributed by atoms with Crippen molar-refractivity contribution in [2.45, 2.75) is 30.8 Å². The van der Waals surface area contributed by atoms with Crippen LogP contribution in [0.2, 0.25) is 0 Å². The summed E-state index contributed by atoms with van der Waals surface area (Å²) in [6, 6.07) is 4.36. The number of nitrogens with one attached hydrogen (secondary N) is 1.